The fourth-order valence-electron chi connectivity index (χ4n) is 5.52. The number of hydrogen-bond donors (Lipinski definition) is 2. The summed E-state index contributed by atoms with van der Waals surface area (Å²) in [6.45, 7) is 4.24. The van der Waals surface area contributed by atoms with E-state index in [4.69, 9.17) is 4.98 Å². The van der Waals surface area contributed by atoms with Gasteiger partial charge in [-0.05, 0) is 69.2 Å². The second-order valence-electron chi connectivity index (χ2n) is 7.63. The maximum absolute atomic E-state index is 4.79. The summed E-state index contributed by atoms with van der Waals surface area (Å²) < 4.78 is 0. The Morgan fingerprint density at radius 3 is 2.45 bits per heavy atom. The first-order valence-corrected chi connectivity index (χ1v) is 8.52. The highest BCUT2D eigenvalue weighted by atomic mass is 15.0. The molecule has 0 unspecified atom stereocenters. The van der Waals surface area contributed by atoms with Crippen molar-refractivity contribution in [2.75, 3.05) is 6.54 Å². The van der Waals surface area contributed by atoms with Crippen LogP contribution in [-0.4, -0.2) is 16.5 Å². The number of hydrogen-bond acceptors (Lipinski definition) is 2. The van der Waals surface area contributed by atoms with Crippen LogP contribution in [-0.2, 0) is 12.0 Å². The van der Waals surface area contributed by atoms with Gasteiger partial charge in [-0.2, -0.15) is 0 Å². The van der Waals surface area contributed by atoms with Gasteiger partial charge >= 0.3 is 0 Å². The van der Waals surface area contributed by atoms with E-state index in [9.17, 15) is 0 Å². The minimum Gasteiger partial charge on any atom is -0.344 e. The molecule has 110 valence electrons. The predicted octanol–water partition coefficient (Wildman–Crippen LogP) is 3.38. The average Bonchev–Trinajstić information content (AvgIpc) is 2.87. The van der Waals surface area contributed by atoms with Gasteiger partial charge in [-0.25, -0.2) is 4.98 Å². The van der Waals surface area contributed by atoms with Gasteiger partial charge in [-0.1, -0.05) is 6.92 Å². The zero-order chi connectivity index (χ0) is 13.6. The highest BCUT2D eigenvalue weighted by Gasteiger charge is 2.52. The highest BCUT2D eigenvalue weighted by Crippen LogP contribution is 2.60. The van der Waals surface area contributed by atoms with Gasteiger partial charge in [0, 0.05) is 23.9 Å². The topological polar surface area (TPSA) is 40.7 Å². The number of aromatic nitrogens is 2. The number of H-pyrrole nitrogens is 1. The Balaban J connectivity index is 1.52. The fourth-order valence-corrected chi connectivity index (χ4v) is 5.52. The maximum Gasteiger partial charge on any atom is 0.112 e. The summed E-state index contributed by atoms with van der Waals surface area (Å²) in [5, 5.41) is 3.47. The monoisotopic (exact) mass is 273 g/mol. The first kappa shape index (κ1) is 12.9. The number of rotatable bonds is 5. The van der Waals surface area contributed by atoms with Crippen molar-refractivity contribution < 1.29 is 0 Å². The van der Waals surface area contributed by atoms with Crippen LogP contribution < -0.4 is 5.32 Å². The summed E-state index contributed by atoms with van der Waals surface area (Å²) >= 11 is 0. The van der Waals surface area contributed by atoms with E-state index in [1.165, 1.54) is 56.5 Å². The second-order valence-corrected chi connectivity index (χ2v) is 7.63. The molecular formula is C17H27N3. The van der Waals surface area contributed by atoms with E-state index in [2.05, 4.69) is 23.4 Å². The Labute approximate surface area is 122 Å². The van der Waals surface area contributed by atoms with E-state index in [0.29, 0.717) is 5.41 Å². The molecule has 0 spiro atoms. The van der Waals surface area contributed by atoms with Crippen molar-refractivity contribution in [2.45, 2.75) is 63.8 Å². The van der Waals surface area contributed by atoms with Crippen LogP contribution in [0, 0.1) is 17.8 Å². The predicted molar refractivity (Wildman–Crippen MR) is 80.4 cm³/mol. The van der Waals surface area contributed by atoms with Crippen LogP contribution in [0.25, 0.3) is 0 Å². The number of imidazole rings is 1. The van der Waals surface area contributed by atoms with E-state index in [0.717, 1.165) is 30.8 Å². The van der Waals surface area contributed by atoms with Crippen molar-refractivity contribution in [1.82, 2.24) is 15.3 Å². The molecule has 1 aromatic rings. The molecule has 0 saturated heterocycles. The van der Waals surface area contributed by atoms with Crippen molar-refractivity contribution in [3.63, 3.8) is 0 Å². The molecule has 20 heavy (non-hydrogen) atoms. The Hall–Kier alpha value is -0.830. The van der Waals surface area contributed by atoms with Crippen molar-refractivity contribution in [3.05, 3.63) is 17.7 Å². The van der Waals surface area contributed by atoms with Gasteiger partial charge in [-0.3, -0.25) is 0 Å². The molecule has 3 heteroatoms. The summed E-state index contributed by atoms with van der Waals surface area (Å²) in [7, 11) is 0. The largest absolute Gasteiger partial charge is 0.344 e. The maximum atomic E-state index is 4.79. The fraction of sp³-hybridized carbons (Fsp3) is 0.824. The molecule has 0 amide bonds. The van der Waals surface area contributed by atoms with Gasteiger partial charge in [0.05, 0.1) is 0 Å². The van der Waals surface area contributed by atoms with Crippen LogP contribution >= 0.6 is 0 Å². The standard InChI is InChI=1S/C17H27N3/c1-2-3-18-10-15-11-19-16(20-15)17-7-12-4-13(8-17)6-14(5-12)9-17/h11-14,18H,2-10H2,1H3,(H,19,20). The van der Waals surface area contributed by atoms with Gasteiger partial charge in [0.25, 0.3) is 0 Å². The number of aromatic amines is 1. The molecule has 0 radical (unpaired) electrons. The summed E-state index contributed by atoms with van der Waals surface area (Å²) in [6.07, 6.45) is 12.0. The quantitative estimate of drug-likeness (QED) is 0.808. The SMILES string of the molecule is CCCNCc1cnc(C23CC4CC(CC(C4)C2)C3)[nH]1. The molecule has 4 aliphatic carbocycles. The second kappa shape index (κ2) is 4.87. The molecular weight excluding hydrogens is 246 g/mol. The van der Waals surface area contributed by atoms with Crippen molar-refractivity contribution in [3.8, 4) is 0 Å². The van der Waals surface area contributed by atoms with Crippen LogP contribution in [0.5, 0.6) is 0 Å². The van der Waals surface area contributed by atoms with E-state index < -0.39 is 0 Å². The molecule has 0 atom stereocenters. The van der Waals surface area contributed by atoms with Crippen LogP contribution in [0.1, 0.15) is 63.4 Å². The highest BCUT2D eigenvalue weighted by molar-refractivity contribution is 5.19. The lowest BCUT2D eigenvalue weighted by Gasteiger charge is -2.56. The lowest BCUT2D eigenvalue weighted by Crippen LogP contribution is -2.49. The zero-order valence-corrected chi connectivity index (χ0v) is 12.6. The summed E-state index contributed by atoms with van der Waals surface area (Å²) in [5.41, 5.74) is 1.68. The third-order valence-corrected chi connectivity index (χ3v) is 5.91. The molecule has 5 rings (SSSR count). The normalized spacial score (nSPS) is 38.5. The van der Waals surface area contributed by atoms with Gasteiger partial charge in [0.1, 0.15) is 5.82 Å². The molecule has 1 aromatic heterocycles. The first-order chi connectivity index (χ1) is 9.77. The molecule has 4 fully saturated rings. The van der Waals surface area contributed by atoms with Crippen molar-refractivity contribution >= 4 is 0 Å². The third kappa shape index (κ3) is 2.11. The van der Waals surface area contributed by atoms with Gasteiger partial charge < -0.3 is 10.3 Å². The van der Waals surface area contributed by atoms with Gasteiger partial charge in [0.15, 0.2) is 0 Å². The van der Waals surface area contributed by atoms with Crippen molar-refractivity contribution in [2.24, 2.45) is 17.8 Å². The van der Waals surface area contributed by atoms with Crippen LogP contribution in [0.2, 0.25) is 0 Å². The Kier molecular flexibility index (Phi) is 3.13. The lowest BCUT2D eigenvalue weighted by atomic mass is 9.49. The summed E-state index contributed by atoms with van der Waals surface area (Å²) in [4.78, 5) is 8.44. The Morgan fingerprint density at radius 2 is 1.85 bits per heavy atom. The molecule has 0 aromatic carbocycles. The Morgan fingerprint density at radius 1 is 1.20 bits per heavy atom. The van der Waals surface area contributed by atoms with Crippen LogP contribution in [0.15, 0.2) is 6.20 Å². The van der Waals surface area contributed by atoms with E-state index in [1.54, 1.807) is 0 Å². The summed E-state index contributed by atoms with van der Waals surface area (Å²) in [6, 6.07) is 0. The zero-order valence-electron chi connectivity index (χ0n) is 12.6. The Bertz CT molecular complexity index is 441. The molecule has 3 nitrogen and oxygen atoms in total. The first-order valence-electron chi connectivity index (χ1n) is 8.52. The molecule has 4 bridgehead atoms. The number of nitrogens with zero attached hydrogens (tertiary/aromatic N) is 1. The van der Waals surface area contributed by atoms with Crippen LogP contribution in [0.3, 0.4) is 0 Å². The molecule has 0 aliphatic heterocycles. The van der Waals surface area contributed by atoms with Gasteiger partial charge in [0.2, 0.25) is 0 Å². The minimum absolute atomic E-state index is 0.414. The smallest absolute Gasteiger partial charge is 0.112 e. The molecule has 1 heterocycles. The number of nitrogens with one attached hydrogen (secondary N) is 2. The van der Waals surface area contributed by atoms with Crippen molar-refractivity contribution in [1.29, 1.82) is 0 Å². The molecule has 4 aliphatic rings. The van der Waals surface area contributed by atoms with E-state index in [-0.39, 0.29) is 0 Å². The average molecular weight is 273 g/mol. The van der Waals surface area contributed by atoms with Crippen LogP contribution in [0.4, 0.5) is 0 Å². The minimum atomic E-state index is 0.414. The van der Waals surface area contributed by atoms with E-state index >= 15 is 0 Å². The lowest BCUT2D eigenvalue weighted by molar-refractivity contribution is -0.00905. The third-order valence-electron chi connectivity index (χ3n) is 5.91. The molecule has 2 N–H and O–H groups in total. The van der Waals surface area contributed by atoms with E-state index in [1.807, 2.05) is 0 Å². The summed E-state index contributed by atoms with van der Waals surface area (Å²) in [5.74, 6) is 4.29. The van der Waals surface area contributed by atoms with Gasteiger partial charge in [-0.15, -0.1) is 0 Å². The molecule has 4 saturated carbocycles.